The summed E-state index contributed by atoms with van der Waals surface area (Å²) >= 11 is 3.40. The topological polar surface area (TPSA) is 120 Å². The number of aliphatic hydroxyl groups is 1. The Morgan fingerprint density at radius 2 is 2.09 bits per heavy atom. The van der Waals surface area contributed by atoms with E-state index in [1.165, 1.54) is 6.20 Å². The number of H-pyrrole nitrogens is 2. The number of benzene rings is 2. The second kappa shape index (κ2) is 9.60. The van der Waals surface area contributed by atoms with E-state index in [0.29, 0.717) is 33.7 Å². The number of nitrogens with one attached hydrogen (secondary N) is 3. The summed E-state index contributed by atoms with van der Waals surface area (Å²) in [7, 11) is 0. The number of aromatic nitrogens is 3. The van der Waals surface area contributed by atoms with Gasteiger partial charge in [0, 0.05) is 17.2 Å². The van der Waals surface area contributed by atoms with Crippen molar-refractivity contribution in [3.8, 4) is 11.4 Å². The maximum Gasteiger partial charge on any atom is 0.338 e. The number of esters is 1. The Morgan fingerprint density at radius 3 is 2.85 bits per heavy atom. The number of aromatic amines is 2. The number of rotatable bonds is 7. The highest BCUT2D eigenvalue weighted by Gasteiger charge is 2.18. The fraction of sp³-hybridized carbons (Fsp3) is 0.208. The number of fused-ring (bicyclic) bond motifs is 1. The summed E-state index contributed by atoms with van der Waals surface area (Å²) in [4.78, 5) is 35.3. The van der Waals surface area contributed by atoms with Crippen molar-refractivity contribution in [3.05, 3.63) is 80.2 Å². The van der Waals surface area contributed by atoms with E-state index in [1.807, 2.05) is 31.2 Å². The molecule has 9 heteroatoms. The molecule has 2 heterocycles. The van der Waals surface area contributed by atoms with Crippen LogP contribution in [0.4, 0.5) is 5.69 Å². The second-order valence-electron chi connectivity index (χ2n) is 7.54. The van der Waals surface area contributed by atoms with Crippen LogP contribution < -0.4 is 10.9 Å². The van der Waals surface area contributed by atoms with Crippen molar-refractivity contribution in [2.24, 2.45) is 0 Å². The van der Waals surface area contributed by atoms with Gasteiger partial charge in [0.1, 0.15) is 11.4 Å². The van der Waals surface area contributed by atoms with Gasteiger partial charge < -0.3 is 25.1 Å². The number of aryl methyl sites for hydroxylation is 1. The van der Waals surface area contributed by atoms with E-state index in [2.05, 4.69) is 36.2 Å². The number of halogens is 1. The molecule has 0 saturated carbocycles. The average Bonchev–Trinajstić information content (AvgIpc) is 3.22. The molecule has 170 valence electrons. The highest BCUT2D eigenvalue weighted by Crippen LogP contribution is 2.27. The van der Waals surface area contributed by atoms with Gasteiger partial charge in [0.2, 0.25) is 0 Å². The van der Waals surface area contributed by atoms with E-state index in [-0.39, 0.29) is 18.7 Å². The minimum absolute atomic E-state index is 0.194. The quantitative estimate of drug-likeness (QED) is 0.275. The summed E-state index contributed by atoms with van der Waals surface area (Å²) in [6.07, 6.45) is 0.756. The number of carbonyl (C=O) groups is 1. The summed E-state index contributed by atoms with van der Waals surface area (Å²) in [6, 6.07) is 12.5. The van der Waals surface area contributed by atoms with E-state index in [0.717, 1.165) is 15.6 Å². The number of nitrogens with zero attached hydrogens (tertiary/aromatic N) is 1. The van der Waals surface area contributed by atoms with Crippen LogP contribution in [-0.4, -0.2) is 39.2 Å². The number of carbonyl (C=O) groups excluding carboxylic acids is 1. The lowest BCUT2D eigenvalue weighted by molar-refractivity contribution is 0.0526. The molecule has 0 fully saturated rings. The number of pyridine rings is 1. The van der Waals surface area contributed by atoms with Crippen LogP contribution in [0.25, 0.3) is 22.4 Å². The predicted octanol–water partition coefficient (Wildman–Crippen LogP) is 4.31. The molecule has 0 aliphatic rings. The summed E-state index contributed by atoms with van der Waals surface area (Å²) in [5.74, 6) is -0.0597. The Bertz CT molecular complexity index is 1380. The van der Waals surface area contributed by atoms with E-state index in [4.69, 9.17) is 4.74 Å². The number of imidazole rings is 1. The standard InChI is InChI=1S/C24H23BrN4O4/c1-3-33-24(32)15-9-13(2)21-18(11-15)28-22(29-21)20-17(7-8-26-23(20)31)27-12-19(30)14-5-4-6-16(25)10-14/h4-11,19,30H,3,12H2,1-2H3,(H,28,29)(H2,26,27,31). The van der Waals surface area contributed by atoms with Crippen molar-refractivity contribution in [1.82, 2.24) is 15.0 Å². The van der Waals surface area contributed by atoms with Crippen molar-refractivity contribution in [2.45, 2.75) is 20.0 Å². The number of ether oxygens (including phenoxy) is 1. The lowest BCUT2D eigenvalue weighted by atomic mass is 10.1. The van der Waals surface area contributed by atoms with Gasteiger partial charge in [0.05, 0.1) is 35.0 Å². The molecule has 0 aliphatic carbocycles. The van der Waals surface area contributed by atoms with Crippen LogP contribution in [0.3, 0.4) is 0 Å². The van der Waals surface area contributed by atoms with Crippen LogP contribution in [-0.2, 0) is 4.74 Å². The van der Waals surface area contributed by atoms with Gasteiger partial charge in [-0.25, -0.2) is 9.78 Å². The summed E-state index contributed by atoms with van der Waals surface area (Å²) in [6.45, 7) is 4.07. The number of hydrogen-bond acceptors (Lipinski definition) is 6. The molecule has 0 amide bonds. The second-order valence-corrected chi connectivity index (χ2v) is 8.46. The van der Waals surface area contributed by atoms with Crippen LogP contribution >= 0.6 is 15.9 Å². The van der Waals surface area contributed by atoms with E-state index < -0.39 is 12.1 Å². The van der Waals surface area contributed by atoms with Gasteiger partial charge in [-0.05, 0) is 55.3 Å². The number of anilines is 1. The van der Waals surface area contributed by atoms with Gasteiger partial charge >= 0.3 is 5.97 Å². The van der Waals surface area contributed by atoms with Gasteiger partial charge in [0.15, 0.2) is 0 Å². The number of hydrogen-bond donors (Lipinski definition) is 4. The van der Waals surface area contributed by atoms with Crippen molar-refractivity contribution in [1.29, 1.82) is 0 Å². The van der Waals surface area contributed by atoms with Gasteiger partial charge in [0.25, 0.3) is 5.56 Å². The lowest BCUT2D eigenvalue weighted by Gasteiger charge is -2.15. The Morgan fingerprint density at radius 1 is 1.27 bits per heavy atom. The molecule has 1 atom stereocenters. The maximum atomic E-state index is 12.7. The zero-order chi connectivity index (χ0) is 23.5. The maximum absolute atomic E-state index is 12.7. The first-order chi connectivity index (χ1) is 15.9. The minimum atomic E-state index is -0.778. The van der Waals surface area contributed by atoms with Crippen molar-refractivity contribution in [3.63, 3.8) is 0 Å². The zero-order valence-electron chi connectivity index (χ0n) is 18.1. The molecule has 4 aromatic rings. The van der Waals surface area contributed by atoms with E-state index >= 15 is 0 Å². The average molecular weight is 511 g/mol. The van der Waals surface area contributed by atoms with Gasteiger partial charge in [-0.15, -0.1) is 0 Å². The SMILES string of the molecule is CCOC(=O)c1cc(C)c2nc(-c3c(NCC(O)c4cccc(Br)c4)cc[nH]c3=O)[nH]c2c1. The lowest BCUT2D eigenvalue weighted by Crippen LogP contribution is -2.17. The van der Waals surface area contributed by atoms with Gasteiger partial charge in [-0.1, -0.05) is 28.1 Å². The first-order valence-corrected chi connectivity index (χ1v) is 11.2. The van der Waals surface area contributed by atoms with Gasteiger partial charge in [-0.2, -0.15) is 0 Å². The third kappa shape index (κ3) is 4.84. The molecule has 4 N–H and O–H groups in total. The molecular weight excluding hydrogens is 488 g/mol. The Balaban J connectivity index is 1.67. The van der Waals surface area contributed by atoms with Crippen LogP contribution in [0.2, 0.25) is 0 Å². The molecule has 8 nitrogen and oxygen atoms in total. The Labute approximate surface area is 198 Å². The van der Waals surface area contributed by atoms with Crippen molar-refractivity contribution in [2.75, 3.05) is 18.5 Å². The molecular formula is C24H23BrN4O4. The summed E-state index contributed by atoms with van der Waals surface area (Å²) in [5.41, 5.74) is 3.72. The van der Waals surface area contributed by atoms with Crippen molar-refractivity contribution < 1.29 is 14.6 Å². The first kappa shape index (κ1) is 22.8. The van der Waals surface area contributed by atoms with Crippen LogP contribution in [0.5, 0.6) is 0 Å². The zero-order valence-corrected chi connectivity index (χ0v) is 19.7. The Hall–Kier alpha value is -3.43. The molecule has 0 radical (unpaired) electrons. The fourth-order valence-electron chi connectivity index (χ4n) is 3.64. The van der Waals surface area contributed by atoms with Crippen LogP contribution in [0.15, 0.2) is 57.9 Å². The third-order valence-electron chi connectivity index (χ3n) is 5.21. The minimum Gasteiger partial charge on any atom is -0.462 e. The molecule has 2 aromatic carbocycles. The molecule has 1 unspecified atom stereocenters. The highest BCUT2D eigenvalue weighted by molar-refractivity contribution is 9.10. The molecule has 33 heavy (non-hydrogen) atoms. The monoisotopic (exact) mass is 510 g/mol. The van der Waals surface area contributed by atoms with Crippen molar-refractivity contribution >= 4 is 38.6 Å². The number of aliphatic hydroxyl groups excluding tert-OH is 1. The normalized spacial score (nSPS) is 12.0. The molecule has 0 spiro atoms. The van der Waals surface area contributed by atoms with E-state index in [1.54, 1.807) is 25.1 Å². The molecule has 0 aliphatic heterocycles. The fourth-order valence-corrected chi connectivity index (χ4v) is 4.06. The van der Waals surface area contributed by atoms with Crippen LogP contribution in [0.1, 0.15) is 34.5 Å². The third-order valence-corrected chi connectivity index (χ3v) is 5.70. The van der Waals surface area contributed by atoms with E-state index in [9.17, 15) is 14.7 Å². The summed E-state index contributed by atoms with van der Waals surface area (Å²) < 4.78 is 5.97. The highest BCUT2D eigenvalue weighted by atomic mass is 79.9. The molecule has 0 saturated heterocycles. The molecule has 4 rings (SSSR count). The molecule has 2 aromatic heterocycles. The predicted molar refractivity (Wildman–Crippen MR) is 130 cm³/mol. The molecule has 0 bridgehead atoms. The largest absolute Gasteiger partial charge is 0.462 e. The Kier molecular flexibility index (Phi) is 6.62. The smallest absolute Gasteiger partial charge is 0.338 e. The van der Waals surface area contributed by atoms with Crippen LogP contribution in [0, 0.1) is 6.92 Å². The first-order valence-electron chi connectivity index (χ1n) is 10.4. The summed E-state index contributed by atoms with van der Waals surface area (Å²) in [5, 5.41) is 13.7. The van der Waals surface area contributed by atoms with Gasteiger partial charge in [-0.3, -0.25) is 4.79 Å².